The zero-order valence-electron chi connectivity index (χ0n) is 16.1. The van der Waals surface area contributed by atoms with Crippen LogP contribution in [0.15, 0.2) is 46.3 Å². The van der Waals surface area contributed by atoms with E-state index in [1.807, 2.05) is 6.07 Å². The van der Waals surface area contributed by atoms with Crippen molar-refractivity contribution < 1.29 is 9.13 Å². The van der Waals surface area contributed by atoms with Crippen LogP contribution in [0, 0.1) is 12.7 Å². The van der Waals surface area contributed by atoms with Crippen molar-refractivity contribution in [1.82, 2.24) is 10.6 Å². The Morgan fingerprint density at radius 2 is 1.85 bits per heavy atom. The third-order valence-electron chi connectivity index (χ3n) is 3.98. The first-order valence-corrected chi connectivity index (χ1v) is 9.64. The summed E-state index contributed by atoms with van der Waals surface area (Å²) in [4.78, 5) is 5.52. The second-order valence-corrected chi connectivity index (χ2v) is 6.80. The molecule has 0 radical (unpaired) electrons. The minimum absolute atomic E-state index is 0. The van der Waals surface area contributed by atoms with Crippen LogP contribution in [-0.4, -0.2) is 26.4 Å². The van der Waals surface area contributed by atoms with Gasteiger partial charge in [-0.1, -0.05) is 18.2 Å². The van der Waals surface area contributed by atoms with E-state index >= 15 is 0 Å². The number of aryl methyl sites for hydroxylation is 1. The van der Waals surface area contributed by atoms with Crippen LogP contribution in [0.2, 0.25) is 0 Å². The largest absolute Gasteiger partial charge is 0.380 e. The van der Waals surface area contributed by atoms with Crippen molar-refractivity contribution in [1.29, 1.82) is 0 Å². The van der Waals surface area contributed by atoms with Crippen LogP contribution < -0.4 is 10.6 Å². The molecule has 0 bridgehead atoms. The Morgan fingerprint density at radius 3 is 2.52 bits per heavy atom. The summed E-state index contributed by atoms with van der Waals surface area (Å²) in [5, 5.41) is 6.59. The number of rotatable bonds is 7. The van der Waals surface area contributed by atoms with E-state index in [1.165, 1.54) is 22.1 Å². The first-order chi connectivity index (χ1) is 12.6. The van der Waals surface area contributed by atoms with Gasteiger partial charge in [0.25, 0.3) is 0 Å². The fraction of sp³-hybridized carbons (Fsp3) is 0.350. The summed E-state index contributed by atoms with van der Waals surface area (Å²) in [5.41, 5.74) is 4.01. The minimum Gasteiger partial charge on any atom is -0.380 e. The molecule has 148 valence electrons. The minimum atomic E-state index is -0.248. The highest BCUT2D eigenvalue weighted by Crippen LogP contribution is 2.21. The highest BCUT2D eigenvalue weighted by molar-refractivity contribution is 14.0. The summed E-state index contributed by atoms with van der Waals surface area (Å²) >= 11 is 1.74. The van der Waals surface area contributed by atoms with Gasteiger partial charge in [-0.2, -0.15) is 0 Å². The Hall–Kier alpha value is -1.32. The van der Waals surface area contributed by atoms with E-state index in [0.717, 1.165) is 5.56 Å². The Labute approximate surface area is 182 Å². The number of hydrogen-bond donors (Lipinski definition) is 2. The van der Waals surface area contributed by atoms with Gasteiger partial charge in [-0.15, -0.1) is 35.7 Å². The van der Waals surface area contributed by atoms with Crippen LogP contribution in [-0.2, 0) is 24.4 Å². The first kappa shape index (κ1) is 23.7. The van der Waals surface area contributed by atoms with E-state index in [-0.39, 0.29) is 36.4 Å². The highest BCUT2D eigenvalue weighted by atomic mass is 127. The van der Waals surface area contributed by atoms with Gasteiger partial charge in [-0.25, -0.2) is 4.39 Å². The molecule has 0 unspecified atom stereocenters. The number of guanidine groups is 1. The fourth-order valence-corrected chi connectivity index (χ4v) is 3.29. The zero-order valence-corrected chi connectivity index (χ0v) is 19.3. The van der Waals surface area contributed by atoms with Crippen LogP contribution in [0.5, 0.6) is 0 Å². The number of nitrogens with zero attached hydrogens (tertiary/aromatic N) is 1. The van der Waals surface area contributed by atoms with Crippen molar-refractivity contribution in [2.24, 2.45) is 4.99 Å². The van der Waals surface area contributed by atoms with Gasteiger partial charge >= 0.3 is 0 Å². The molecule has 0 aliphatic heterocycles. The van der Waals surface area contributed by atoms with Gasteiger partial charge in [0.05, 0.1) is 6.61 Å². The van der Waals surface area contributed by atoms with Gasteiger partial charge in [-0.05, 0) is 48.1 Å². The highest BCUT2D eigenvalue weighted by Gasteiger charge is 2.06. The summed E-state index contributed by atoms with van der Waals surface area (Å²) < 4.78 is 18.7. The van der Waals surface area contributed by atoms with Crippen LogP contribution in [0.1, 0.15) is 22.3 Å². The lowest BCUT2D eigenvalue weighted by atomic mass is 10.1. The average molecular weight is 503 g/mol. The molecule has 4 nitrogen and oxygen atoms in total. The Morgan fingerprint density at radius 1 is 1.11 bits per heavy atom. The van der Waals surface area contributed by atoms with Crippen LogP contribution in [0.25, 0.3) is 0 Å². The summed E-state index contributed by atoms with van der Waals surface area (Å²) in [5.74, 6) is 0.456. The molecule has 2 aromatic rings. The number of ether oxygens (including phenoxy) is 1. The molecule has 0 aliphatic carbocycles. The van der Waals surface area contributed by atoms with Gasteiger partial charge in [0.2, 0.25) is 0 Å². The summed E-state index contributed by atoms with van der Waals surface area (Å²) in [6, 6.07) is 11.5. The second kappa shape index (κ2) is 12.2. The lowest BCUT2D eigenvalue weighted by Gasteiger charge is -2.14. The molecule has 7 heteroatoms. The molecule has 0 aromatic heterocycles. The van der Waals surface area contributed by atoms with Crippen molar-refractivity contribution in [3.63, 3.8) is 0 Å². The molecule has 2 N–H and O–H groups in total. The van der Waals surface area contributed by atoms with Gasteiger partial charge in [0.1, 0.15) is 5.82 Å². The molecule has 0 atom stereocenters. The maximum atomic E-state index is 13.7. The molecular formula is C20H27FIN3OS. The van der Waals surface area contributed by atoms with Crippen molar-refractivity contribution in [3.8, 4) is 0 Å². The standard InChI is InChI=1S/C20H26FN3OS.HI/c1-14-5-7-16(19(9-14)26-4)12-24-20(22-2)23-11-15-6-8-18(21)17(10-15)13-25-3;/h5-10H,11-13H2,1-4H3,(H2,22,23,24);1H. The van der Waals surface area contributed by atoms with Crippen molar-refractivity contribution in [2.75, 3.05) is 20.4 Å². The molecule has 0 spiro atoms. The second-order valence-electron chi connectivity index (χ2n) is 5.95. The quantitative estimate of drug-likeness (QED) is 0.253. The molecule has 0 fully saturated rings. The number of methoxy groups -OCH3 is 1. The van der Waals surface area contributed by atoms with Crippen molar-refractivity contribution in [2.45, 2.75) is 31.5 Å². The molecule has 27 heavy (non-hydrogen) atoms. The Bertz CT molecular complexity index is 771. The summed E-state index contributed by atoms with van der Waals surface area (Å²) in [7, 11) is 3.30. The topological polar surface area (TPSA) is 45.7 Å². The van der Waals surface area contributed by atoms with E-state index < -0.39 is 0 Å². The maximum absolute atomic E-state index is 13.7. The Balaban J connectivity index is 0.00000364. The maximum Gasteiger partial charge on any atom is 0.191 e. The molecule has 2 aromatic carbocycles. The molecule has 0 heterocycles. The molecule has 0 aliphatic rings. The first-order valence-electron chi connectivity index (χ1n) is 8.41. The van der Waals surface area contributed by atoms with E-state index in [2.05, 4.69) is 47.0 Å². The SMILES string of the molecule is CN=C(NCc1ccc(F)c(COC)c1)NCc1ccc(C)cc1SC.I. The average Bonchev–Trinajstić information content (AvgIpc) is 2.65. The number of nitrogens with one attached hydrogen (secondary N) is 2. The molecule has 0 amide bonds. The van der Waals surface area contributed by atoms with E-state index in [0.29, 0.717) is 24.6 Å². The van der Waals surface area contributed by atoms with Crippen LogP contribution in [0.3, 0.4) is 0 Å². The summed E-state index contributed by atoms with van der Waals surface area (Å²) in [6.45, 7) is 3.60. The van der Waals surface area contributed by atoms with Gasteiger partial charge in [0.15, 0.2) is 5.96 Å². The predicted molar refractivity (Wildman–Crippen MR) is 123 cm³/mol. The number of aliphatic imine (C=N–C) groups is 1. The van der Waals surface area contributed by atoms with Gasteiger partial charge in [-0.3, -0.25) is 4.99 Å². The van der Waals surface area contributed by atoms with Crippen LogP contribution >= 0.6 is 35.7 Å². The van der Waals surface area contributed by atoms with Gasteiger partial charge < -0.3 is 15.4 Å². The number of benzene rings is 2. The lowest BCUT2D eigenvalue weighted by molar-refractivity contribution is 0.181. The predicted octanol–water partition coefficient (Wildman–Crippen LogP) is 4.49. The van der Waals surface area contributed by atoms with Crippen molar-refractivity contribution >= 4 is 41.7 Å². The smallest absolute Gasteiger partial charge is 0.191 e. The third kappa shape index (κ3) is 7.31. The number of halogens is 2. The van der Waals surface area contributed by atoms with E-state index in [1.54, 1.807) is 32.0 Å². The number of hydrogen-bond acceptors (Lipinski definition) is 3. The summed E-state index contributed by atoms with van der Waals surface area (Å²) in [6.07, 6.45) is 2.08. The molecule has 0 saturated heterocycles. The Kier molecular flexibility index (Phi) is 10.7. The van der Waals surface area contributed by atoms with Crippen molar-refractivity contribution in [3.05, 3.63) is 64.5 Å². The van der Waals surface area contributed by atoms with E-state index in [4.69, 9.17) is 4.74 Å². The normalized spacial score (nSPS) is 11.1. The van der Waals surface area contributed by atoms with E-state index in [9.17, 15) is 4.39 Å². The number of thioether (sulfide) groups is 1. The third-order valence-corrected chi connectivity index (χ3v) is 4.80. The zero-order chi connectivity index (χ0) is 18.9. The molecule has 0 saturated carbocycles. The fourth-order valence-electron chi connectivity index (χ4n) is 2.59. The lowest BCUT2D eigenvalue weighted by Crippen LogP contribution is -2.36. The molecule has 2 rings (SSSR count). The van der Waals surface area contributed by atoms with Crippen LogP contribution in [0.4, 0.5) is 4.39 Å². The monoisotopic (exact) mass is 503 g/mol. The van der Waals surface area contributed by atoms with Gasteiger partial charge in [0, 0.05) is 37.7 Å². The molecular weight excluding hydrogens is 476 g/mol.